The first-order chi connectivity index (χ1) is 22.6. The van der Waals surface area contributed by atoms with E-state index in [1.165, 1.54) is 6.92 Å². The van der Waals surface area contributed by atoms with Gasteiger partial charge in [-0.1, -0.05) is 61.4 Å². The third-order valence-corrected chi connectivity index (χ3v) is 9.35. The SMILES string of the molecule is C[C@@H](O)C(=O)CCCCC[C@@H]1NC(=O)[C@H]2CCCN2C(=O)[C@H](Cc2ccccc2)NC(=O)[C@H](Cc2cc3ccccc3n2C)NC1=O. The highest BCUT2D eigenvalue weighted by molar-refractivity contribution is 5.98. The average molecular weight is 644 g/mol. The molecule has 2 aliphatic heterocycles. The zero-order valence-corrected chi connectivity index (χ0v) is 27.1. The third-order valence-electron chi connectivity index (χ3n) is 9.35. The number of unbranched alkanes of at least 4 members (excludes halogenated alkanes) is 2. The molecule has 2 aromatic carbocycles. The van der Waals surface area contributed by atoms with Crippen LogP contribution in [0.25, 0.3) is 10.9 Å². The van der Waals surface area contributed by atoms with Crippen LogP contribution in [0.1, 0.15) is 63.1 Å². The van der Waals surface area contributed by atoms with Crippen LogP contribution < -0.4 is 16.0 Å². The summed E-state index contributed by atoms with van der Waals surface area (Å²) < 4.78 is 1.99. The minimum atomic E-state index is -1.02. The summed E-state index contributed by atoms with van der Waals surface area (Å²) in [5.41, 5.74) is 2.68. The summed E-state index contributed by atoms with van der Waals surface area (Å²) >= 11 is 0. The van der Waals surface area contributed by atoms with Gasteiger partial charge in [-0.15, -0.1) is 0 Å². The number of para-hydroxylation sites is 1. The number of carbonyl (C=O) groups excluding carboxylic acids is 5. The van der Waals surface area contributed by atoms with Crippen molar-refractivity contribution < 1.29 is 29.1 Å². The average Bonchev–Trinajstić information content (AvgIpc) is 3.68. The van der Waals surface area contributed by atoms with Gasteiger partial charge in [0.15, 0.2) is 5.78 Å². The van der Waals surface area contributed by atoms with Gasteiger partial charge in [0.25, 0.3) is 0 Å². The standard InChI is InChI=1S/C36H45N5O6/c1-23(42)32(43)18-8-4-7-15-27-33(44)38-28(22-26-21-25-14-9-10-16-30(25)40(26)2)34(45)39-29(20-24-12-5-3-6-13-24)36(47)41-19-11-17-31(41)35(46)37-27/h3,5-6,9-10,12-14,16,21,23,27-29,31,42H,4,7-8,11,15,17-20,22H2,1-2H3,(H,37,46)(H,38,44)(H,39,45)/t23-,27+,28+,29+,31-/m1/s1. The van der Waals surface area contributed by atoms with Crippen LogP contribution in [0.5, 0.6) is 0 Å². The molecule has 1 aromatic heterocycles. The summed E-state index contributed by atoms with van der Waals surface area (Å²) in [6.45, 7) is 1.82. The Hall–Kier alpha value is -4.51. The van der Waals surface area contributed by atoms with Crippen molar-refractivity contribution in [3.63, 3.8) is 0 Å². The maximum absolute atomic E-state index is 14.1. The van der Waals surface area contributed by atoms with Gasteiger partial charge < -0.3 is 30.5 Å². The summed E-state index contributed by atoms with van der Waals surface area (Å²) in [7, 11) is 1.91. The lowest BCUT2D eigenvalue weighted by molar-refractivity contribution is -0.143. The first-order valence-corrected chi connectivity index (χ1v) is 16.6. The number of amides is 4. The van der Waals surface area contributed by atoms with Crippen LogP contribution in [-0.2, 0) is 43.9 Å². The van der Waals surface area contributed by atoms with Crippen molar-refractivity contribution in [2.24, 2.45) is 7.05 Å². The molecule has 0 spiro atoms. The van der Waals surface area contributed by atoms with Crippen LogP contribution in [0.4, 0.5) is 0 Å². The molecule has 2 fully saturated rings. The van der Waals surface area contributed by atoms with Crippen LogP contribution in [-0.4, -0.2) is 80.8 Å². The number of aliphatic hydroxyl groups excluding tert-OH is 1. The van der Waals surface area contributed by atoms with E-state index < -0.39 is 48.0 Å². The smallest absolute Gasteiger partial charge is 0.246 e. The Kier molecular flexibility index (Phi) is 11.1. The molecule has 5 rings (SSSR count). The summed E-state index contributed by atoms with van der Waals surface area (Å²) in [6, 6.07) is 15.6. The summed E-state index contributed by atoms with van der Waals surface area (Å²) in [4.78, 5) is 69.1. The monoisotopic (exact) mass is 643 g/mol. The number of aryl methyl sites for hydroxylation is 1. The van der Waals surface area contributed by atoms with E-state index in [0.29, 0.717) is 45.1 Å². The molecule has 0 aliphatic carbocycles. The molecular formula is C36H45N5O6. The van der Waals surface area contributed by atoms with Crippen LogP contribution in [0, 0.1) is 0 Å². The van der Waals surface area contributed by atoms with E-state index in [0.717, 1.165) is 22.2 Å². The van der Waals surface area contributed by atoms with Gasteiger partial charge in [0.05, 0.1) is 0 Å². The van der Waals surface area contributed by atoms with E-state index in [-0.39, 0.29) is 31.0 Å². The number of Topliss-reactive ketones (excluding diaryl/α,β-unsaturated/α-hetero) is 1. The highest BCUT2D eigenvalue weighted by atomic mass is 16.3. The number of ketones is 1. The lowest BCUT2D eigenvalue weighted by Gasteiger charge is -2.32. The number of nitrogens with zero attached hydrogens (tertiary/aromatic N) is 2. The van der Waals surface area contributed by atoms with Gasteiger partial charge >= 0.3 is 0 Å². The normalized spacial score (nSPS) is 22.9. The highest BCUT2D eigenvalue weighted by Gasteiger charge is 2.40. The minimum absolute atomic E-state index is 0.170. The van der Waals surface area contributed by atoms with Crippen LogP contribution in [0.3, 0.4) is 0 Å². The number of hydrogen-bond donors (Lipinski definition) is 4. The minimum Gasteiger partial charge on any atom is -0.386 e. The van der Waals surface area contributed by atoms with Crippen LogP contribution in [0.2, 0.25) is 0 Å². The molecule has 0 radical (unpaired) electrons. The zero-order valence-electron chi connectivity index (χ0n) is 27.1. The van der Waals surface area contributed by atoms with Crippen LogP contribution >= 0.6 is 0 Å². The third kappa shape index (κ3) is 8.26. The van der Waals surface area contributed by atoms with Gasteiger partial charge in [-0.3, -0.25) is 24.0 Å². The Morgan fingerprint density at radius 2 is 1.53 bits per heavy atom. The molecule has 2 saturated heterocycles. The predicted octanol–water partition coefficient (Wildman–Crippen LogP) is 2.32. The van der Waals surface area contributed by atoms with E-state index in [2.05, 4.69) is 16.0 Å². The largest absolute Gasteiger partial charge is 0.386 e. The molecule has 47 heavy (non-hydrogen) atoms. The molecule has 250 valence electrons. The molecule has 3 aromatic rings. The molecule has 2 aliphatic rings. The Balaban J connectivity index is 1.42. The summed E-state index contributed by atoms with van der Waals surface area (Å²) in [6.07, 6.45) is 2.72. The Bertz CT molecular complexity index is 1600. The Labute approximate surface area is 275 Å². The molecule has 0 saturated carbocycles. The fourth-order valence-corrected chi connectivity index (χ4v) is 6.63. The molecule has 11 heteroatoms. The van der Waals surface area contributed by atoms with E-state index in [1.807, 2.05) is 72.3 Å². The van der Waals surface area contributed by atoms with Gasteiger partial charge in [0.2, 0.25) is 23.6 Å². The van der Waals surface area contributed by atoms with E-state index in [9.17, 15) is 29.1 Å². The second-order valence-electron chi connectivity index (χ2n) is 12.8. The van der Waals surface area contributed by atoms with Gasteiger partial charge in [-0.05, 0) is 55.7 Å². The van der Waals surface area contributed by atoms with Gasteiger partial charge in [0, 0.05) is 44.1 Å². The highest BCUT2D eigenvalue weighted by Crippen LogP contribution is 2.23. The van der Waals surface area contributed by atoms with Crippen molar-refractivity contribution >= 4 is 40.3 Å². The quantitative estimate of drug-likeness (QED) is 0.236. The molecule has 3 heterocycles. The Morgan fingerprint density at radius 1 is 0.851 bits per heavy atom. The maximum atomic E-state index is 14.1. The number of aromatic nitrogens is 1. The summed E-state index contributed by atoms with van der Waals surface area (Å²) in [5.74, 6) is -1.91. The zero-order chi connectivity index (χ0) is 33.5. The van der Waals surface area contributed by atoms with Crippen molar-refractivity contribution in [2.75, 3.05) is 6.54 Å². The van der Waals surface area contributed by atoms with Crippen molar-refractivity contribution in [1.82, 2.24) is 25.4 Å². The number of fused-ring (bicyclic) bond motifs is 2. The lowest BCUT2D eigenvalue weighted by Crippen LogP contribution is -2.62. The van der Waals surface area contributed by atoms with Gasteiger partial charge in [-0.2, -0.15) is 0 Å². The maximum Gasteiger partial charge on any atom is 0.246 e. The number of aliphatic hydroxyl groups is 1. The topological polar surface area (TPSA) is 150 Å². The first kappa shape index (κ1) is 33.8. The van der Waals surface area contributed by atoms with Crippen molar-refractivity contribution in [3.8, 4) is 0 Å². The first-order valence-electron chi connectivity index (χ1n) is 16.6. The molecule has 4 N–H and O–H groups in total. The molecular weight excluding hydrogens is 598 g/mol. The van der Waals surface area contributed by atoms with Crippen molar-refractivity contribution in [1.29, 1.82) is 0 Å². The predicted molar refractivity (Wildman–Crippen MR) is 177 cm³/mol. The Morgan fingerprint density at radius 3 is 2.28 bits per heavy atom. The van der Waals surface area contributed by atoms with E-state index >= 15 is 0 Å². The van der Waals surface area contributed by atoms with Crippen LogP contribution in [0.15, 0.2) is 60.7 Å². The van der Waals surface area contributed by atoms with E-state index in [1.54, 1.807) is 4.90 Å². The number of benzene rings is 2. The van der Waals surface area contributed by atoms with Gasteiger partial charge in [0.1, 0.15) is 30.3 Å². The number of carbonyl (C=O) groups is 5. The number of hydrogen-bond acceptors (Lipinski definition) is 6. The van der Waals surface area contributed by atoms with Crippen molar-refractivity contribution in [3.05, 3.63) is 71.9 Å². The summed E-state index contributed by atoms with van der Waals surface area (Å²) in [5, 5.41) is 19.3. The molecule has 5 atom stereocenters. The molecule has 4 amide bonds. The van der Waals surface area contributed by atoms with Gasteiger partial charge in [-0.25, -0.2) is 0 Å². The van der Waals surface area contributed by atoms with E-state index in [4.69, 9.17) is 0 Å². The lowest BCUT2D eigenvalue weighted by atomic mass is 10.0. The molecule has 11 nitrogen and oxygen atoms in total. The number of nitrogens with one attached hydrogen (secondary N) is 3. The second kappa shape index (κ2) is 15.4. The fourth-order valence-electron chi connectivity index (χ4n) is 6.63. The number of rotatable bonds is 11. The second-order valence-corrected chi connectivity index (χ2v) is 12.8. The molecule has 0 unspecified atom stereocenters. The molecule has 0 bridgehead atoms. The fraction of sp³-hybridized carbons (Fsp3) is 0.472. The van der Waals surface area contributed by atoms with Crippen molar-refractivity contribution in [2.45, 2.75) is 95.0 Å².